The Hall–Kier alpha value is -3.72. The van der Waals surface area contributed by atoms with Gasteiger partial charge in [-0.15, -0.1) is 0 Å². The van der Waals surface area contributed by atoms with Gasteiger partial charge in [0.2, 0.25) is 5.91 Å². The van der Waals surface area contributed by atoms with E-state index in [1.54, 1.807) is 18.2 Å². The van der Waals surface area contributed by atoms with Crippen molar-refractivity contribution in [2.75, 3.05) is 26.6 Å². The maximum Gasteiger partial charge on any atom is 0.337 e. The molecule has 0 heterocycles. The number of anilines is 1. The van der Waals surface area contributed by atoms with Crippen molar-refractivity contribution in [3.05, 3.63) is 65.2 Å². The lowest BCUT2D eigenvalue weighted by Gasteiger charge is -2.11. The van der Waals surface area contributed by atoms with Crippen molar-refractivity contribution in [1.29, 1.82) is 0 Å². The molecule has 0 spiro atoms. The van der Waals surface area contributed by atoms with Crippen molar-refractivity contribution >= 4 is 46.9 Å². The molecule has 30 heavy (non-hydrogen) atoms. The van der Waals surface area contributed by atoms with Gasteiger partial charge in [0.25, 0.3) is 0 Å². The summed E-state index contributed by atoms with van der Waals surface area (Å²) in [7, 11) is 3.98. The molecule has 0 bridgehead atoms. The predicted octanol–water partition coefficient (Wildman–Crippen LogP) is 2.79. The molecule has 0 aliphatic rings. The Balaban J connectivity index is 2.11. The van der Waals surface area contributed by atoms with Gasteiger partial charge in [-0.25, -0.2) is 9.59 Å². The Morgan fingerprint density at radius 1 is 0.933 bits per heavy atom. The highest BCUT2D eigenvalue weighted by atomic mass is 32.1. The fourth-order valence-electron chi connectivity index (χ4n) is 2.46. The molecule has 0 saturated heterocycles. The molecule has 0 unspecified atom stereocenters. The Kier molecular flexibility index (Phi) is 8.07. The fraction of sp³-hybridized carbons (Fsp3) is 0.143. The van der Waals surface area contributed by atoms with Crippen LogP contribution in [0.15, 0.2) is 48.5 Å². The summed E-state index contributed by atoms with van der Waals surface area (Å²) in [6, 6.07) is 11.4. The molecule has 2 N–H and O–H groups in total. The number of hydrogen-bond donors (Lipinski definition) is 2. The highest BCUT2D eigenvalue weighted by Crippen LogP contribution is 2.19. The standard InChI is InChI=1S/C21H20N2O6S/c1-27-17-7-5-4-6-13(17)8-9-18(24)23-21(30)22-16-11-14(19(25)28-2)10-15(12-16)20(26)29-3/h4-12H,1-3H3,(H2,22,23,24,30). The number of thiocarbonyl (C=S) groups is 1. The van der Waals surface area contributed by atoms with Crippen LogP contribution in [0.2, 0.25) is 0 Å². The van der Waals surface area contributed by atoms with Crippen LogP contribution >= 0.6 is 12.2 Å². The quantitative estimate of drug-likeness (QED) is 0.411. The third-order valence-corrected chi connectivity index (χ3v) is 4.03. The van der Waals surface area contributed by atoms with Gasteiger partial charge in [0.15, 0.2) is 5.11 Å². The summed E-state index contributed by atoms with van der Waals surface area (Å²) in [6.07, 6.45) is 2.89. The number of ether oxygens (including phenoxy) is 3. The van der Waals surface area contributed by atoms with Crippen LogP contribution in [0.3, 0.4) is 0 Å². The molecule has 0 aliphatic carbocycles. The van der Waals surface area contributed by atoms with Gasteiger partial charge in [-0.05, 0) is 42.6 Å². The van der Waals surface area contributed by atoms with E-state index in [0.717, 1.165) is 5.56 Å². The number of methoxy groups -OCH3 is 3. The monoisotopic (exact) mass is 428 g/mol. The molecular formula is C21H20N2O6S. The minimum absolute atomic E-state index is 0.0255. The largest absolute Gasteiger partial charge is 0.496 e. The molecule has 0 aliphatic heterocycles. The Bertz CT molecular complexity index is 968. The summed E-state index contributed by atoms with van der Waals surface area (Å²) in [4.78, 5) is 35.8. The van der Waals surface area contributed by atoms with Crippen molar-refractivity contribution < 1.29 is 28.6 Å². The van der Waals surface area contributed by atoms with Gasteiger partial charge in [0, 0.05) is 17.3 Å². The van der Waals surface area contributed by atoms with Crippen molar-refractivity contribution in [2.24, 2.45) is 0 Å². The number of carbonyl (C=O) groups excluding carboxylic acids is 3. The van der Waals surface area contributed by atoms with Gasteiger partial charge in [-0.2, -0.15) is 0 Å². The van der Waals surface area contributed by atoms with Gasteiger partial charge < -0.3 is 19.5 Å². The van der Waals surface area contributed by atoms with Crippen LogP contribution in [0.5, 0.6) is 5.75 Å². The van der Waals surface area contributed by atoms with Crippen LogP contribution in [-0.2, 0) is 14.3 Å². The molecule has 0 atom stereocenters. The number of hydrogen-bond acceptors (Lipinski definition) is 7. The first-order chi connectivity index (χ1) is 14.4. The van der Waals surface area contributed by atoms with E-state index in [2.05, 4.69) is 20.1 Å². The van der Waals surface area contributed by atoms with E-state index in [1.807, 2.05) is 12.1 Å². The highest BCUT2D eigenvalue weighted by Gasteiger charge is 2.14. The molecule has 0 fully saturated rings. The third kappa shape index (κ3) is 6.14. The summed E-state index contributed by atoms with van der Waals surface area (Å²) in [5.41, 5.74) is 1.26. The van der Waals surface area contributed by atoms with Gasteiger partial charge in [0.1, 0.15) is 5.75 Å². The molecule has 0 saturated carbocycles. The van der Waals surface area contributed by atoms with E-state index < -0.39 is 17.8 Å². The zero-order valence-corrected chi connectivity index (χ0v) is 17.4. The van der Waals surface area contributed by atoms with Gasteiger partial charge in [0.05, 0.1) is 32.5 Å². The highest BCUT2D eigenvalue weighted by molar-refractivity contribution is 7.80. The molecule has 2 aromatic rings. The number of amides is 1. The van der Waals surface area contributed by atoms with E-state index in [4.69, 9.17) is 17.0 Å². The van der Waals surface area contributed by atoms with Crippen molar-refractivity contribution in [3.63, 3.8) is 0 Å². The second-order valence-corrected chi connectivity index (χ2v) is 6.21. The minimum Gasteiger partial charge on any atom is -0.496 e. The Morgan fingerprint density at radius 2 is 1.53 bits per heavy atom. The number of rotatable bonds is 6. The average Bonchev–Trinajstić information content (AvgIpc) is 2.76. The van der Waals surface area contributed by atoms with Crippen molar-refractivity contribution in [1.82, 2.24) is 5.32 Å². The number of carbonyl (C=O) groups is 3. The van der Waals surface area contributed by atoms with Crippen LogP contribution < -0.4 is 15.4 Å². The molecule has 8 nitrogen and oxygen atoms in total. The molecule has 1 amide bonds. The predicted molar refractivity (Wildman–Crippen MR) is 116 cm³/mol. The summed E-state index contributed by atoms with van der Waals surface area (Å²) in [5, 5.41) is 5.22. The van der Waals surface area contributed by atoms with E-state index in [9.17, 15) is 14.4 Å². The van der Waals surface area contributed by atoms with Crippen LogP contribution in [-0.4, -0.2) is 44.3 Å². The maximum atomic E-state index is 12.1. The lowest BCUT2D eigenvalue weighted by atomic mass is 10.1. The normalized spacial score (nSPS) is 10.2. The number of nitrogens with one attached hydrogen (secondary N) is 2. The fourth-order valence-corrected chi connectivity index (χ4v) is 2.68. The SMILES string of the molecule is COC(=O)c1cc(NC(=S)NC(=O)C=Cc2ccccc2OC)cc(C(=O)OC)c1. The molecule has 0 aromatic heterocycles. The first-order valence-electron chi connectivity index (χ1n) is 8.62. The Morgan fingerprint density at radius 3 is 2.10 bits per heavy atom. The smallest absolute Gasteiger partial charge is 0.337 e. The van der Waals surface area contributed by atoms with E-state index >= 15 is 0 Å². The van der Waals surface area contributed by atoms with Crippen LogP contribution in [0.4, 0.5) is 5.69 Å². The summed E-state index contributed by atoms with van der Waals surface area (Å²) < 4.78 is 14.6. The molecular weight excluding hydrogens is 408 g/mol. The molecule has 2 rings (SSSR count). The van der Waals surface area contributed by atoms with Crippen LogP contribution in [0.1, 0.15) is 26.3 Å². The van der Waals surface area contributed by atoms with E-state index in [1.165, 1.54) is 45.6 Å². The molecule has 9 heteroatoms. The average molecular weight is 428 g/mol. The maximum absolute atomic E-state index is 12.1. The lowest BCUT2D eigenvalue weighted by molar-refractivity contribution is -0.115. The van der Waals surface area contributed by atoms with Gasteiger partial charge in [-0.1, -0.05) is 18.2 Å². The van der Waals surface area contributed by atoms with Gasteiger partial charge >= 0.3 is 11.9 Å². The topological polar surface area (TPSA) is 103 Å². The zero-order chi connectivity index (χ0) is 22.1. The second-order valence-electron chi connectivity index (χ2n) is 5.80. The van der Waals surface area contributed by atoms with E-state index in [0.29, 0.717) is 11.4 Å². The lowest BCUT2D eigenvalue weighted by Crippen LogP contribution is -2.33. The zero-order valence-electron chi connectivity index (χ0n) is 16.6. The molecule has 156 valence electrons. The first kappa shape index (κ1) is 22.6. The summed E-state index contributed by atoms with van der Waals surface area (Å²) >= 11 is 5.13. The van der Waals surface area contributed by atoms with Crippen molar-refractivity contribution in [2.45, 2.75) is 0 Å². The minimum atomic E-state index is -0.640. The number of para-hydroxylation sites is 1. The second kappa shape index (κ2) is 10.7. The third-order valence-electron chi connectivity index (χ3n) is 3.82. The molecule has 2 aromatic carbocycles. The summed E-state index contributed by atoms with van der Waals surface area (Å²) in [6.45, 7) is 0. The van der Waals surface area contributed by atoms with Crippen molar-refractivity contribution in [3.8, 4) is 5.75 Å². The number of esters is 2. The number of benzene rings is 2. The Labute approximate surface area is 178 Å². The van der Waals surface area contributed by atoms with E-state index in [-0.39, 0.29) is 16.2 Å². The van der Waals surface area contributed by atoms with Crippen LogP contribution in [0, 0.1) is 0 Å². The summed E-state index contributed by atoms with van der Waals surface area (Å²) in [5.74, 6) is -1.13. The molecule has 0 radical (unpaired) electrons. The first-order valence-corrected chi connectivity index (χ1v) is 9.03. The van der Waals surface area contributed by atoms with Crippen LogP contribution in [0.25, 0.3) is 6.08 Å². The van der Waals surface area contributed by atoms with Gasteiger partial charge in [-0.3, -0.25) is 10.1 Å².